The SMILES string of the molecule is CN=C(C)NCC(=O)NCc1ccc(COc2ccccc2)cc1. The van der Waals surface area contributed by atoms with Crippen LogP contribution in [-0.4, -0.2) is 25.3 Å². The van der Waals surface area contributed by atoms with Crippen LogP contribution in [-0.2, 0) is 17.9 Å². The van der Waals surface area contributed by atoms with E-state index in [-0.39, 0.29) is 12.5 Å². The lowest BCUT2D eigenvalue weighted by molar-refractivity contribution is -0.120. The number of amidine groups is 1. The third-order valence-electron chi connectivity index (χ3n) is 3.50. The number of benzene rings is 2. The summed E-state index contributed by atoms with van der Waals surface area (Å²) in [6.07, 6.45) is 0. The van der Waals surface area contributed by atoms with Gasteiger partial charge in [-0.2, -0.15) is 0 Å². The average molecular weight is 325 g/mol. The summed E-state index contributed by atoms with van der Waals surface area (Å²) < 4.78 is 5.71. The fourth-order valence-electron chi connectivity index (χ4n) is 1.99. The second kappa shape index (κ2) is 9.35. The minimum absolute atomic E-state index is 0.0607. The fourth-order valence-corrected chi connectivity index (χ4v) is 1.99. The molecule has 2 aromatic carbocycles. The quantitative estimate of drug-likeness (QED) is 0.607. The molecule has 0 aliphatic heterocycles. The Bertz CT molecular complexity index is 667. The van der Waals surface area contributed by atoms with E-state index in [1.165, 1.54) is 0 Å². The molecule has 0 spiro atoms. The maximum absolute atomic E-state index is 11.7. The summed E-state index contributed by atoms with van der Waals surface area (Å²) in [5, 5.41) is 5.80. The molecule has 0 aromatic heterocycles. The van der Waals surface area contributed by atoms with Gasteiger partial charge in [-0.25, -0.2) is 0 Å². The lowest BCUT2D eigenvalue weighted by atomic mass is 10.1. The lowest BCUT2D eigenvalue weighted by Gasteiger charge is -2.09. The van der Waals surface area contributed by atoms with E-state index in [2.05, 4.69) is 15.6 Å². The first-order valence-corrected chi connectivity index (χ1v) is 7.87. The molecule has 0 saturated carbocycles. The Morgan fingerprint density at radius 3 is 2.33 bits per heavy atom. The van der Waals surface area contributed by atoms with Crippen LogP contribution in [0.5, 0.6) is 5.75 Å². The molecule has 126 valence electrons. The topological polar surface area (TPSA) is 62.7 Å². The van der Waals surface area contributed by atoms with E-state index in [4.69, 9.17) is 4.74 Å². The minimum Gasteiger partial charge on any atom is -0.489 e. The molecule has 0 aliphatic rings. The second-order valence-corrected chi connectivity index (χ2v) is 5.36. The van der Waals surface area contributed by atoms with Crippen LogP contribution in [0.15, 0.2) is 59.6 Å². The van der Waals surface area contributed by atoms with Crippen LogP contribution in [0.1, 0.15) is 18.1 Å². The van der Waals surface area contributed by atoms with Gasteiger partial charge in [-0.15, -0.1) is 0 Å². The van der Waals surface area contributed by atoms with Crippen LogP contribution in [0, 0.1) is 0 Å². The zero-order chi connectivity index (χ0) is 17.2. The molecule has 0 heterocycles. The van der Waals surface area contributed by atoms with E-state index >= 15 is 0 Å². The van der Waals surface area contributed by atoms with Crippen molar-refractivity contribution in [1.29, 1.82) is 0 Å². The Morgan fingerprint density at radius 1 is 1.00 bits per heavy atom. The predicted octanol–water partition coefficient (Wildman–Crippen LogP) is 2.52. The van der Waals surface area contributed by atoms with Crippen LogP contribution in [0.4, 0.5) is 0 Å². The summed E-state index contributed by atoms with van der Waals surface area (Å²) in [5.41, 5.74) is 2.14. The number of hydrogen-bond acceptors (Lipinski definition) is 3. The average Bonchev–Trinajstić information content (AvgIpc) is 2.64. The molecule has 0 aliphatic carbocycles. The maximum atomic E-state index is 11.7. The first-order valence-electron chi connectivity index (χ1n) is 7.87. The number of aliphatic imine (C=N–C) groups is 1. The maximum Gasteiger partial charge on any atom is 0.239 e. The Morgan fingerprint density at radius 2 is 1.67 bits per heavy atom. The summed E-state index contributed by atoms with van der Waals surface area (Å²) in [6, 6.07) is 17.7. The highest BCUT2D eigenvalue weighted by molar-refractivity contribution is 5.86. The Labute approximate surface area is 142 Å². The van der Waals surface area contributed by atoms with Crippen LogP contribution < -0.4 is 15.4 Å². The third kappa shape index (κ3) is 6.12. The van der Waals surface area contributed by atoms with E-state index in [1.807, 2.05) is 61.5 Å². The molecular weight excluding hydrogens is 302 g/mol. The summed E-state index contributed by atoms with van der Waals surface area (Å²) in [7, 11) is 1.68. The van der Waals surface area contributed by atoms with E-state index in [9.17, 15) is 4.79 Å². The van der Waals surface area contributed by atoms with Crippen molar-refractivity contribution in [2.45, 2.75) is 20.1 Å². The van der Waals surface area contributed by atoms with Crippen molar-refractivity contribution in [3.05, 3.63) is 65.7 Å². The number of ether oxygens (including phenoxy) is 1. The minimum atomic E-state index is -0.0607. The highest BCUT2D eigenvalue weighted by Gasteiger charge is 2.02. The first-order chi connectivity index (χ1) is 11.7. The lowest BCUT2D eigenvalue weighted by Crippen LogP contribution is -2.35. The van der Waals surface area contributed by atoms with E-state index < -0.39 is 0 Å². The normalized spacial score (nSPS) is 11.0. The summed E-state index contributed by atoms with van der Waals surface area (Å²) in [4.78, 5) is 15.7. The number of para-hydroxylation sites is 1. The third-order valence-corrected chi connectivity index (χ3v) is 3.50. The van der Waals surface area contributed by atoms with Gasteiger partial charge in [0.2, 0.25) is 5.91 Å². The molecule has 0 unspecified atom stereocenters. The number of nitrogens with zero attached hydrogens (tertiary/aromatic N) is 1. The molecule has 0 atom stereocenters. The largest absolute Gasteiger partial charge is 0.489 e. The highest BCUT2D eigenvalue weighted by Crippen LogP contribution is 2.12. The molecule has 0 fully saturated rings. The molecule has 0 bridgehead atoms. The fraction of sp³-hybridized carbons (Fsp3) is 0.263. The van der Waals surface area contributed by atoms with Gasteiger partial charge in [-0.05, 0) is 30.2 Å². The van der Waals surface area contributed by atoms with Crippen molar-refractivity contribution < 1.29 is 9.53 Å². The molecule has 5 heteroatoms. The number of carbonyl (C=O) groups is 1. The van der Waals surface area contributed by atoms with Crippen LogP contribution in [0.3, 0.4) is 0 Å². The van der Waals surface area contributed by atoms with Gasteiger partial charge >= 0.3 is 0 Å². The molecule has 2 rings (SSSR count). The van der Waals surface area contributed by atoms with Crippen molar-refractivity contribution in [2.75, 3.05) is 13.6 Å². The Kier molecular flexibility index (Phi) is 6.83. The number of carbonyl (C=O) groups excluding carboxylic acids is 1. The summed E-state index contributed by atoms with van der Waals surface area (Å²) in [5.74, 6) is 1.54. The Hall–Kier alpha value is -2.82. The van der Waals surface area contributed by atoms with Gasteiger partial charge in [0.15, 0.2) is 0 Å². The van der Waals surface area contributed by atoms with Crippen LogP contribution >= 0.6 is 0 Å². The monoisotopic (exact) mass is 325 g/mol. The molecule has 2 N–H and O–H groups in total. The zero-order valence-electron chi connectivity index (χ0n) is 14.1. The molecule has 0 radical (unpaired) electrons. The smallest absolute Gasteiger partial charge is 0.239 e. The number of nitrogens with one attached hydrogen (secondary N) is 2. The molecule has 5 nitrogen and oxygen atoms in total. The summed E-state index contributed by atoms with van der Waals surface area (Å²) >= 11 is 0. The van der Waals surface area contributed by atoms with Gasteiger partial charge in [0.05, 0.1) is 12.4 Å². The van der Waals surface area contributed by atoms with Gasteiger partial charge in [0.1, 0.15) is 12.4 Å². The van der Waals surface area contributed by atoms with Gasteiger partial charge in [0.25, 0.3) is 0 Å². The van der Waals surface area contributed by atoms with Crippen LogP contribution in [0.25, 0.3) is 0 Å². The molecular formula is C19H23N3O2. The van der Waals surface area contributed by atoms with Gasteiger partial charge in [0, 0.05) is 13.6 Å². The van der Waals surface area contributed by atoms with Gasteiger partial charge in [-0.3, -0.25) is 9.79 Å². The van der Waals surface area contributed by atoms with Crippen LogP contribution in [0.2, 0.25) is 0 Å². The number of hydrogen-bond donors (Lipinski definition) is 2. The molecule has 24 heavy (non-hydrogen) atoms. The van der Waals surface area contributed by atoms with E-state index in [1.54, 1.807) is 7.05 Å². The van der Waals surface area contributed by atoms with Crippen molar-refractivity contribution in [3.63, 3.8) is 0 Å². The standard InChI is InChI=1S/C19H23N3O2/c1-15(20-2)21-13-19(23)22-12-16-8-10-17(11-9-16)14-24-18-6-4-3-5-7-18/h3-11H,12-14H2,1-2H3,(H,20,21)(H,22,23). The highest BCUT2D eigenvalue weighted by atomic mass is 16.5. The molecule has 0 saturated heterocycles. The van der Waals surface area contributed by atoms with E-state index in [0.717, 1.165) is 22.7 Å². The van der Waals surface area contributed by atoms with Gasteiger partial charge < -0.3 is 15.4 Å². The van der Waals surface area contributed by atoms with Crippen molar-refractivity contribution >= 4 is 11.7 Å². The van der Waals surface area contributed by atoms with Crippen molar-refractivity contribution in [3.8, 4) is 5.75 Å². The predicted molar refractivity (Wildman–Crippen MR) is 96.1 cm³/mol. The first kappa shape index (κ1) is 17.5. The zero-order valence-corrected chi connectivity index (χ0v) is 14.1. The summed E-state index contributed by atoms with van der Waals surface area (Å²) in [6.45, 7) is 3.08. The number of rotatable bonds is 7. The van der Waals surface area contributed by atoms with Crippen molar-refractivity contribution in [2.24, 2.45) is 4.99 Å². The van der Waals surface area contributed by atoms with Gasteiger partial charge in [-0.1, -0.05) is 42.5 Å². The second-order valence-electron chi connectivity index (χ2n) is 5.36. The Balaban J connectivity index is 1.74. The molecule has 1 amide bonds. The van der Waals surface area contributed by atoms with E-state index in [0.29, 0.717) is 13.2 Å². The van der Waals surface area contributed by atoms with Crippen molar-refractivity contribution in [1.82, 2.24) is 10.6 Å². The molecule has 2 aromatic rings. The number of amides is 1.